The fraction of sp³-hybridized carbons (Fsp3) is 0. The molecule has 138 valence electrons. The Hall–Kier alpha value is -1.32. The fourth-order valence-electron chi connectivity index (χ4n) is 2.03. The molecule has 2 aromatic carbocycles. The molecule has 3 rings (SSSR count). The topological polar surface area (TPSA) is 61.7 Å². The van der Waals surface area contributed by atoms with Crippen LogP contribution in [0.15, 0.2) is 71.7 Å². The Labute approximate surface area is 185 Å². The molecule has 0 saturated heterocycles. The van der Waals surface area contributed by atoms with Gasteiger partial charge in [-0.3, -0.25) is 4.79 Å². The monoisotopic (exact) mass is 544 g/mol. The Morgan fingerprint density at radius 2 is 1.93 bits per heavy atom. The molecular weight excluding hydrogens is 536 g/mol. The molecule has 27 heavy (non-hydrogen) atoms. The lowest BCUT2D eigenvalue weighted by molar-refractivity contribution is 0.0952. The normalized spacial score (nSPS) is 11.1. The number of hydrazone groups is 1. The minimum Gasteiger partial charge on any atom is -0.506 e. The maximum atomic E-state index is 12.2. The van der Waals surface area contributed by atoms with Crippen molar-refractivity contribution < 1.29 is 9.90 Å². The molecule has 0 aliphatic carbocycles. The summed E-state index contributed by atoms with van der Waals surface area (Å²) in [6.07, 6.45) is 1.57. The van der Waals surface area contributed by atoms with Gasteiger partial charge in [0.2, 0.25) is 0 Å². The quantitative estimate of drug-likeness (QED) is 0.282. The van der Waals surface area contributed by atoms with E-state index < -0.39 is 5.91 Å². The first-order valence-electron chi connectivity index (χ1n) is 7.47. The second-order valence-electron chi connectivity index (χ2n) is 5.20. The van der Waals surface area contributed by atoms with Crippen LogP contribution in [0.1, 0.15) is 15.2 Å². The van der Waals surface area contributed by atoms with E-state index in [9.17, 15) is 9.90 Å². The van der Waals surface area contributed by atoms with Crippen molar-refractivity contribution in [2.75, 3.05) is 0 Å². The van der Waals surface area contributed by atoms with E-state index in [1.54, 1.807) is 35.4 Å². The van der Waals surface area contributed by atoms with E-state index in [1.165, 1.54) is 6.07 Å². The Balaban J connectivity index is 1.63. The van der Waals surface area contributed by atoms with E-state index in [-0.39, 0.29) is 11.3 Å². The molecule has 0 fully saturated rings. The van der Waals surface area contributed by atoms with Gasteiger partial charge in [-0.25, -0.2) is 5.43 Å². The predicted octanol–water partition coefficient (Wildman–Crippen LogP) is 6.55. The standard InChI is InChI=1S/C18H11Br2ClN2O2S2/c19-10-7-14(17(24)15(20)8-10)18(25)23-22-9-13-5-6-16(27-13)26-12-3-1-11(21)2-4-12/h1-9,24H,(H,23,25)/b22-9-. The number of rotatable bonds is 5. The van der Waals surface area contributed by atoms with Gasteiger partial charge in [0.05, 0.1) is 20.5 Å². The number of halogens is 3. The number of nitrogens with one attached hydrogen (secondary N) is 1. The molecule has 1 heterocycles. The van der Waals surface area contributed by atoms with Crippen LogP contribution in [-0.4, -0.2) is 17.2 Å². The molecule has 0 aliphatic rings. The van der Waals surface area contributed by atoms with Gasteiger partial charge in [0.25, 0.3) is 5.91 Å². The first kappa shape index (κ1) is 20.4. The summed E-state index contributed by atoms with van der Waals surface area (Å²) in [5.74, 6) is -0.637. The van der Waals surface area contributed by atoms with E-state index in [1.807, 2.05) is 36.4 Å². The number of thiophene rings is 1. The average Bonchev–Trinajstić information content (AvgIpc) is 3.07. The number of nitrogens with zero attached hydrogens (tertiary/aromatic N) is 1. The van der Waals surface area contributed by atoms with E-state index in [2.05, 4.69) is 42.4 Å². The van der Waals surface area contributed by atoms with Crippen molar-refractivity contribution >= 4 is 78.7 Å². The zero-order valence-corrected chi connectivity index (χ0v) is 19.0. The highest BCUT2D eigenvalue weighted by Gasteiger charge is 2.14. The van der Waals surface area contributed by atoms with Gasteiger partial charge >= 0.3 is 0 Å². The second kappa shape index (κ2) is 9.25. The summed E-state index contributed by atoms with van der Waals surface area (Å²) < 4.78 is 2.19. The lowest BCUT2D eigenvalue weighted by Gasteiger charge is -2.05. The van der Waals surface area contributed by atoms with Gasteiger partial charge in [-0.2, -0.15) is 5.10 Å². The van der Waals surface area contributed by atoms with Crippen molar-refractivity contribution in [3.8, 4) is 5.75 Å². The van der Waals surface area contributed by atoms with E-state index in [0.717, 1.165) is 14.0 Å². The summed E-state index contributed by atoms with van der Waals surface area (Å²) in [6, 6.07) is 14.7. The van der Waals surface area contributed by atoms with Crippen molar-refractivity contribution in [2.24, 2.45) is 5.10 Å². The summed E-state index contributed by atoms with van der Waals surface area (Å²) in [6.45, 7) is 0. The van der Waals surface area contributed by atoms with Gasteiger partial charge < -0.3 is 5.11 Å². The van der Waals surface area contributed by atoms with Crippen molar-refractivity contribution in [1.82, 2.24) is 5.43 Å². The van der Waals surface area contributed by atoms with Gasteiger partial charge in [0.1, 0.15) is 5.75 Å². The molecule has 0 unspecified atom stereocenters. The molecule has 4 nitrogen and oxygen atoms in total. The Morgan fingerprint density at radius 3 is 2.67 bits per heavy atom. The molecule has 2 N–H and O–H groups in total. The minimum absolute atomic E-state index is 0.124. The largest absolute Gasteiger partial charge is 0.506 e. The Bertz CT molecular complexity index is 1010. The number of carbonyl (C=O) groups is 1. The van der Waals surface area contributed by atoms with Crippen LogP contribution in [0, 0.1) is 0 Å². The van der Waals surface area contributed by atoms with E-state index in [0.29, 0.717) is 14.0 Å². The highest BCUT2D eigenvalue weighted by Crippen LogP contribution is 2.34. The fourth-order valence-corrected chi connectivity index (χ4v) is 5.38. The zero-order valence-electron chi connectivity index (χ0n) is 13.4. The average molecular weight is 547 g/mol. The second-order valence-corrected chi connectivity index (χ2v) is 9.89. The van der Waals surface area contributed by atoms with Crippen LogP contribution in [0.5, 0.6) is 5.75 Å². The van der Waals surface area contributed by atoms with Crippen molar-refractivity contribution in [1.29, 1.82) is 0 Å². The summed E-state index contributed by atoms with van der Waals surface area (Å²) in [5, 5.41) is 14.7. The summed E-state index contributed by atoms with van der Waals surface area (Å²) in [4.78, 5) is 14.2. The van der Waals surface area contributed by atoms with Crippen molar-refractivity contribution in [3.05, 3.63) is 72.9 Å². The molecule has 0 radical (unpaired) electrons. The van der Waals surface area contributed by atoms with Gasteiger partial charge in [-0.05, 0) is 64.5 Å². The molecule has 0 bridgehead atoms. The Kier molecular flexibility index (Phi) is 6.99. The molecule has 3 aromatic rings. The highest BCUT2D eigenvalue weighted by molar-refractivity contribution is 9.11. The summed E-state index contributed by atoms with van der Waals surface area (Å²) in [7, 11) is 0. The lowest BCUT2D eigenvalue weighted by atomic mass is 10.2. The maximum Gasteiger partial charge on any atom is 0.275 e. The zero-order chi connectivity index (χ0) is 19.4. The number of phenols is 1. The van der Waals surface area contributed by atoms with Crippen LogP contribution in [-0.2, 0) is 0 Å². The first-order valence-corrected chi connectivity index (χ1v) is 11.1. The molecule has 1 amide bonds. The summed E-state index contributed by atoms with van der Waals surface area (Å²) in [5.41, 5.74) is 2.55. The van der Waals surface area contributed by atoms with Gasteiger partial charge in [-0.15, -0.1) is 11.3 Å². The molecular formula is C18H11Br2ClN2O2S2. The molecule has 0 saturated carbocycles. The van der Waals surface area contributed by atoms with Gasteiger partial charge in [0, 0.05) is 19.3 Å². The molecule has 1 aromatic heterocycles. The highest BCUT2D eigenvalue weighted by atomic mass is 79.9. The SMILES string of the molecule is O=C(N/N=C\c1ccc(Sc2ccc(Cl)cc2)s1)c1cc(Br)cc(Br)c1O. The third kappa shape index (κ3) is 5.58. The van der Waals surface area contributed by atoms with Crippen LogP contribution in [0.25, 0.3) is 0 Å². The number of hydrogen-bond donors (Lipinski definition) is 2. The minimum atomic E-state index is -0.502. The molecule has 0 aliphatic heterocycles. The van der Waals surface area contributed by atoms with Crippen molar-refractivity contribution in [3.63, 3.8) is 0 Å². The van der Waals surface area contributed by atoms with Crippen LogP contribution in [0.2, 0.25) is 5.02 Å². The van der Waals surface area contributed by atoms with Gasteiger partial charge in [-0.1, -0.05) is 39.3 Å². The lowest BCUT2D eigenvalue weighted by Crippen LogP contribution is -2.17. The number of carbonyl (C=O) groups excluding carboxylic acids is 1. The predicted molar refractivity (Wildman–Crippen MR) is 118 cm³/mol. The number of amides is 1. The molecule has 0 spiro atoms. The van der Waals surface area contributed by atoms with Crippen LogP contribution in [0.3, 0.4) is 0 Å². The molecule has 0 atom stereocenters. The maximum absolute atomic E-state index is 12.2. The van der Waals surface area contributed by atoms with Crippen LogP contribution >= 0.6 is 66.6 Å². The van der Waals surface area contributed by atoms with Crippen LogP contribution in [0.4, 0.5) is 0 Å². The smallest absolute Gasteiger partial charge is 0.275 e. The Morgan fingerprint density at radius 1 is 1.19 bits per heavy atom. The van der Waals surface area contributed by atoms with Crippen molar-refractivity contribution in [2.45, 2.75) is 9.10 Å². The number of hydrogen-bond acceptors (Lipinski definition) is 5. The first-order chi connectivity index (χ1) is 12.9. The third-order valence-electron chi connectivity index (χ3n) is 3.26. The third-order valence-corrected chi connectivity index (χ3v) is 6.74. The van der Waals surface area contributed by atoms with Crippen LogP contribution < -0.4 is 5.43 Å². The van der Waals surface area contributed by atoms with E-state index >= 15 is 0 Å². The van der Waals surface area contributed by atoms with E-state index in [4.69, 9.17) is 11.6 Å². The number of aromatic hydroxyl groups is 1. The van der Waals surface area contributed by atoms with Gasteiger partial charge in [0.15, 0.2) is 0 Å². The number of phenolic OH excluding ortho intramolecular Hbond substituents is 1. The number of benzene rings is 2. The molecule has 9 heteroatoms. The summed E-state index contributed by atoms with van der Waals surface area (Å²) >= 11 is 15.6.